The van der Waals surface area contributed by atoms with Gasteiger partial charge in [-0.2, -0.15) is 0 Å². The predicted octanol–water partition coefficient (Wildman–Crippen LogP) is 3.87. The molecule has 2 atom stereocenters. The Bertz CT molecular complexity index is 1120. The van der Waals surface area contributed by atoms with Gasteiger partial charge < -0.3 is 9.84 Å². The Kier molecular flexibility index (Phi) is 4.41. The Balaban J connectivity index is 1.53. The van der Waals surface area contributed by atoms with Crippen molar-refractivity contribution < 1.29 is 9.84 Å². The number of rotatable bonds is 4. The molecule has 28 heavy (non-hydrogen) atoms. The van der Waals surface area contributed by atoms with Gasteiger partial charge in [0.25, 0.3) is 0 Å². The summed E-state index contributed by atoms with van der Waals surface area (Å²) in [5, 5.41) is 19.1. The Morgan fingerprint density at radius 2 is 2.00 bits per heavy atom. The summed E-state index contributed by atoms with van der Waals surface area (Å²) in [5.41, 5.74) is 2.39. The first kappa shape index (κ1) is 17.1. The van der Waals surface area contributed by atoms with Crippen LogP contribution in [0.4, 0.5) is 0 Å². The lowest BCUT2D eigenvalue weighted by molar-refractivity contribution is 0.0936. The molecule has 0 bridgehead atoms. The van der Waals surface area contributed by atoms with Gasteiger partial charge in [0.05, 0.1) is 6.10 Å². The molecule has 0 aliphatic heterocycles. The molecule has 1 aromatic carbocycles. The van der Waals surface area contributed by atoms with E-state index < -0.39 is 0 Å². The van der Waals surface area contributed by atoms with Crippen LogP contribution in [0.25, 0.3) is 28.1 Å². The first-order valence-corrected chi connectivity index (χ1v) is 9.79. The molecule has 6 heteroatoms. The lowest BCUT2D eigenvalue weighted by Gasteiger charge is -2.28. The molecule has 142 valence electrons. The van der Waals surface area contributed by atoms with Crippen LogP contribution < -0.4 is 4.74 Å². The molecule has 5 rings (SSSR count). The van der Waals surface area contributed by atoms with Crippen molar-refractivity contribution >= 4 is 16.6 Å². The number of pyridine rings is 2. The van der Waals surface area contributed by atoms with E-state index in [0.29, 0.717) is 11.7 Å². The van der Waals surface area contributed by atoms with Crippen molar-refractivity contribution in [1.29, 1.82) is 0 Å². The van der Waals surface area contributed by atoms with Crippen molar-refractivity contribution in [3.05, 3.63) is 54.7 Å². The van der Waals surface area contributed by atoms with Crippen molar-refractivity contribution in [3.63, 3.8) is 0 Å². The summed E-state index contributed by atoms with van der Waals surface area (Å²) in [6.45, 7) is 0.234. The molecule has 4 aromatic rings. The molecule has 1 aliphatic carbocycles. The molecule has 1 N–H and O–H groups in total. The molecule has 0 saturated heterocycles. The van der Waals surface area contributed by atoms with Gasteiger partial charge in [0.1, 0.15) is 17.0 Å². The van der Waals surface area contributed by atoms with E-state index in [1.54, 1.807) is 0 Å². The molecule has 1 unspecified atom stereocenters. The SMILES string of the molecule is OC[C@H]1CCCC(Oc2cccc3ccc(-c4nnc5ccccn45)nc23)C1. The van der Waals surface area contributed by atoms with E-state index in [9.17, 15) is 5.11 Å². The Morgan fingerprint density at radius 1 is 1.04 bits per heavy atom. The van der Waals surface area contributed by atoms with Crippen LogP contribution in [-0.4, -0.2) is 37.4 Å². The third kappa shape index (κ3) is 3.10. The summed E-state index contributed by atoms with van der Waals surface area (Å²) in [5.74, 6) is 1.83. The molecule has 1 fully saturated rings. The van der Waals surface area contributed by atoms with Crippen molar-refractivity contribution in [2.45, 2.75) is 31.8 Å². The zero-order valence-electron chi connectivity index (χ0n) is 15.5. The molecule has 3 heterocycles. The number of benzene rings is 1. The number of nitrogens with zero attached hydrogens (tertiary/aromatic N) is 4. The van der Waals surface area contributed by atoms with Crippen molar-refractivity contribution in [2.75, 3.05) is 6.61 Å². The minimum absolute atomic E-state index is 0.121. The highest BCUT2D eigenvalue weighted by molar-refractivity contribution is 5.86. The van der Waals surface area contributed by atoms with Gasteiger partial charge in [-0.1, -0.05) is 24.3 Å². The van der Waals surface area contributed by atoms with Gasteiger partial charge in [0.2, 0.25) is 0 Å². The second kappa shape index (κ2) is 7.20. The summed E-state index contributed by atoms with van der Waals surface area (Å²) in [6, 6.07) is 15.9. The Labute approximate surface area is 162 Å². The van der Waals surface area contributed by atoms with Crippen molar-refractivity contribution in [3.8, 4) is 17.3 Å². The first-order valence-electron chi connectivity index (χ1n) is 9.79. The number of aliphatic hydroxyl groups is 1. The minimum Gasteiger partial charge on any atom is -0.488 e. The van der Waals surface area contributed by atoms with E-state index in [2.05, 4.69) is 10.2 Å². The van der Waals surface area contributed by atoms with Crippen LogP contribution in [0.2, 0.25) is 0 Å². The van der Waals surface area contributed by atoms with Gasteiger partial charge in [0.15, 0.2) is 11.5 Å². The van der Waals surface area contributed by atoms with Crippen LogP contribution in [0, 0.1) is 5.92 Å². The summed E-state index contributed by atoms with van der Waals surface area (Å²) in [4.78, 5) is 4.87. The summed E-state index contributed by atoms with van der Waals surface area (Å²) in [6.07, 6.45) is 6.13. The third-order valence-electron chi connectivity index (χ3n) is 5.51. The van der Waals surface area contributed by atoms with Crippen LogP contribution in [0.3, 0.4) is 0 Å². The summed E-state index contributed by atoms with van der Waals surface area (Å²) in [7, 11) is 0. The number of para-hydroxylation sites is 1. The zero-order valence-corrected chi connectivity index (χ0v) is 15.5. The standard InChI is InChI=1S/C22H22N4O2/c27-14-15-5-3-7-17(13-15)28-19-8-4-6-16-10-11-18(23-21(16)19)22-25-24-20-9-1-2-12-26(20)22/h1-2,4,6,8-12,15,17,27H,3,5,7,13-14H2/t15-,17?/m0/s1. The molecule has 0 spiro atoms. The van der Waals surface area contributed by atoms with Crippen LogP contribution in [0.15, 0.2) is 54.7 Å². The molecule has 0 amide bonds. The van der Waals surface area contributed by atoms with E-state index in [0.717, 1.165) is 53.7 Å². The fourth-order valence-electron chi connectivity index (χ4n) is 4.05. The van der Waals surface area contributed by atoms with Gasteiger partial charge in [0, 0.05) is 18.2 Å². The average molecular weight is 374 g/mol. The maximum atomic E-state index is 9.49. The highest BCUT2D eigenvalue weighted by Crippen LogP contribution is 2.32. The predicted molar refractivity (Wildman–Crippen MR) is 107 cm³/mol. The molecular weight excluding hydrogens is 352 g/mol. The fourth-order valence-corrected chi connectivity index (χ4v) is 4.05. The maximum Gasteiger partial charge on any atom is 0.187 e. The topological polar surface area (TPSA) is 72.5 Å². The second-order valence-corrected chi connectivity index (χ2v) is 7.43. The Hall–Kier alpha value is -2.99. The quantitative estimate of drug-likeness (QED) is 0.587. The maximum absolute atomic E-state index is 9.49. The highest BCUT2D eigenvalue weighted by atomic mass is 16.5. The van der Waals surface area contributed by atoms with E-state index >= 15 is 0 Å². The van der Waals surface area contributed by atoms with Gasteiger partial charge in [-0.05, 0) is 55.9 Å². The molecule has 1 saturated carbocycles. The molecule has 6 nitrogen and oxygen atoms in total. The van der Waals surface area contributed by atoms with E-state index in [4.69, 9.17) is 9.72 Å². The van der Waals surface area contributed by atoms with E-state index in [1.807, 2.05) is 59.1 Å². The number of aromatic nitrogens is 4. The molecule has 1 aliphatic rings. The number of hydrogen-bond acceptors (Lipinski definition) is 5. The van der Waals surface area contributed by atoms with Crippen molar-refractivity contribution in [2.24, 2.45) is 5.92 Å². The van der Waals surface area contributed by atoms with Gasteiger partial charge in [-0.15, -0.1) is 10.2 Å². The number of hydrogen-bond donors (Lipinski definition) is 1. The minimum atomic E-state index is 0.121. The normalized spacial score (nSPS) is 19.9. The lowest BCUT2D eigenvalue weighted by Crippen LogP contribution is -2.27. The molecule has 3 aromatic heterocycles. The van der Waals surface area contributed by atoms with Gasteiger partial charge in [-0.3, -0.25) is 4.40 Å². The monoisotopic (exact) mass is 374 g/mol. The first-order chi connectivity index (χ1) is 13.8. The largest absolute Gasteiger partial charge is 0.488 e. The van der Waals surface area contributed by atoms with E-state index in [1.165, 1.54) is 0 Å². The number of ether oxygens (including phenoxy) is 1. The second-order valence-electron chi connectivity index (χ2n) is 7.43. The molecular formula is C22H22N4O2. The Morgan fingerprint density at radius 3 is 2.93 bits per heavy atom. The fraction of sp³-hybridized carbons (Fsp3) is 0.318. The van der Waals surface area contributed by atoms with E-state index in [-0.39, 0.29) is 12.7 Å². The summed E-state index contributed by atoms with van der Waals surface area (Å²) >= 11 is 0. The van der Waals surface area contributed by atoms with Gasteiger partial charge >= 0.3 is 0 Å². The van der Waals surface area contributed by atoms with Crippen LogP contribution in [0.5, 0.6) is 5.75 Å². The third-order valence-corrected chi connectivity index (χ3v) is 5.51. The smallest absolute Gasteiger partial charge is 0.187 e. The highest BCUT2D eigenvalue weighted by Gasteiger charge is 2.23. The lowest BCUT2D eigenvalue weighted by atomic mass is 9.88. The van der Waals surface area contributed by atoms with Crippen molar-refractivity contribution in [1.82, 2.24) is 19.6 Å². The number of fused-ring (bicyclic) bond motifs is 2. The molecule has 0 radical (unpaired) electrons. The summed E-state index contributed by atoms with van der Waals surface area (Å²) < 4.78 is 8.28. The number of aliphatic hydroxyl groups excluding tert-OH is 1. The van der Waals surface area contributed by atoms with Crippen LogP contribution in [-0.2, 0) is 0 Å². The average Bonchev–Trinajstić information content (AvgIpc) is 3.18. The van der Waals surface area contributed by atoms with Crippen LogP contribution >= 0.6 is 0 Å². The van der Waals surface area contributed by atoms with Crippen LogP contribution in [0.1, 0.15) is 25.7 Å². The zero-order chi connectivity index (χ0) is 18.9. The van der Waals surface area contributed by atoms with Gasteiger partial charge in [-0.25, -0.2) is 4.98 Å².